The van der Waals surface area contributed by atoms with Crippen molar-refractivity contribution in [3.63, 3.8) is 0 Å². The van der Waals surface area contributed by atoms with Crippen LogP contribution in [0.2, 0.25) is 10.3 Å². The molecule has 1 heterocycles. The molecule has 0 bridgehead atoms. The predicted molar refractivity (Wildman–Crippen MR) is 60.0 cm³/mol. The number of nitrogens with zero attached hydrogens (tertiary/aromatic N) is 1. The van der Waals surface area contributed by atoms with E-state index in [0.717, 1.165) is 0 Å². The molecule has 0 aromatic carbocycles. The maximum Gasteiger partial charge on any atom is 0.240 e. The first-order chi connectivity index (χ1) is 7.45. The van der Waals surface area contributed by atoms with E-state index in [1.807, 2.05) is 0 Å². The van der Waals surface area contributed by atoms with Crippen LogP contribution >= 0.6 is 23.2 Å². The van der Waals surface area contributed by atoms with Gasteiger partial charge in [-0.1, -0.05) is 23.2 Å². The Morgan fingerprint density at radius 1 is 1.31 bits per heavy atom. The van der Waals surface area contributed by atoms with Crippen molar-refractivity contribution >= 4 is 33.2 Å². The summed E-state index contributed by atoms with van der Waals surface area (Å²) in [7, 11) is -3.70. The summed E-state index contributed by atoms with van der Waals surface area (Å²) in [6, 6.07) is 2.34. The molecule has 1 aromatic heterocycles. The molecule has 0 spiro atoms. The van der Waals surface area contributed by atoms with E-state index in [1.54, 1.807) is 0 Å². The van der Waals surface area contributed by atoms with Crippen molar-refractivity contribution in [1.29, 1.82) is 0 Å². The molecular weight excluding hydrogens is 278 g/mol. The Kier molecular flexibility index (Phi) is 4.91. The van der Waals surface area contributed by atoms with Crippen LogP contribution in [0.5, 0.6) is 0 Å². The smallest absolute Gasteiger partial charge is 0.240 e. The summed E-state index contributed by atoms with van der Waals surface area (Å²) in [6.07, 6.45) is 0.117. The number of nitrogens with one attached hydrogen (secondary N) is 1. The maximum absolute atomic E-state index is 11.8. The molecule has 0 aliphatic rings. The number of hydrogen-bond acceptors (Lipinski definition) is 3. The topological polar surface area (TPSA) is 59.1 Å². The fraction of sp³-hybridized carbons (Fsp3) is 0.375. The SMILES string of the molecule is O=S(=O)(NCCCF)c1cc(Cl)nc(Cl)c1. The molecule has 4 nitrogen and oxygen atoms in total. The second-order valence-corrected chi connectivity index (χ2v) is 5.43. The Morgan fingerprint density at radius 3 is 2.38 bits per heavy atom. The van der Waals surface area contributed by atoms with Crippen LogP contribution in [0.3, 0.4) is 0 Å². The summed E-state index contributed by atoms with van der Waals surface area (Å²) < 4.78 is 37.3. The molecular formula is C8H9Cl2FN2O2S. The van der Waals surface area contributed by atoms with Gasteiger partial charge >= 0.3 is 0 Å². The molecule has 1 aromatic rings. The summed E-state index contributed by atoms with van der Waals surface area (Å²) in [5.74, 6) is 0. The Labute approximate surface area is 103 Å². The van der Waals surface area contributed by atoms with Crippen molar-refractivity contribution < 1.29 is 12.8 Å². The lowest BCUT2D eigenvalue weighted by Gasteiger charge is -2.06. The number of rotatable bonds is 5. The highest BCUT2D eigenvalue weighted by atomic mass is 35.5. The van der Waals surface area contributed by atoms with Gasteiger partial charge in [0.15, 0.2) is 0 Å². The zero-order valence-electron chi connectivity index (χ0n) is 8.08. The van der Waals surface area contributed by atoms with Gasteiger partial charge < -0.3 is 0 Å². The highest BCUT2D eigenvalue weighted by molar-refractivity contribution is 7.89. The Morgan fingerprint density at radius 2 is 1.88 bits per heavy atom. The summed E-state index contributed by atoms with van der Waals surface area (Å²) >= 11 is 11.1. The third-order valence-corrected chi connectivity index (χ3v) is 3.48. The summed E-state index contributed by atoms with van der Waals surface area (Å²) in [5, 5.41) is -0.0308. The van der Waals surface area contributed by atoms with Gasteiger partial charge in [0, 0.05) is 6.54 Å². The molecule has 0 amide bonds. The second kappa shape index (κ2) is 5.77. The van der Waals surface area contributed by atoms with Crippen LogP contribution in [0, 0.1) is 0 Å². The third kappa shape index (κ3) is 3.86. The largest absolute Gasteiger partial charge is 0.251 e. The molecule has 0 radical (unpaired) electrons. The molecule has 1 N–H and O–H groups in total. The van der Waals surface area contributed by atoms with Crippen LogP contribution < -0.4 is 4.72 Å². The van der Waals surface area contributed by atoms with E-state index in [9.17, 15) is 12.8 Å². The maximum atomic E-state index is 11.8. The normalized spacial score (nSPS) is 11.7. The third-order valence-electron chi connectivity index (χ3n) is 1.65. The molecule has 0 aliphatic carbocycles. The van der Waals surface area contributed by atoms with E-state index in [0.29, 0.717) is 0 Å². The van der Waals surface area contributed by atoms with Crippen molar-refractivity contribution in [3.8, 4) is 0 Å². The van der Waals surface area contributed by atoms with Gasteiger partial charge in [-0.15, -0.1) is 0 Å². The number of pyridine rings is 1. The predicted octanol–water partition coefficient (Wildman–Crippen LogP) is 2.03. The van der Waals surface area contributed by atoms with Crippen molar-refractivity contribution in [2.24, 2.45) is 0 Å². The van der Waals surface area contributed by atoms with Gasteiger partial charge in [-0.2, -0.15) is 0 Å². The number of hydrogen-bond donors (Lipinski definition) is 1. The Hall–Kier alpha value is -0.430. The van der Waals surface area contributed by atoms with Gasteiger partial charge in [-0.05, 0) is 18.6 Å². The van der Waals surface area contributed by atoms with Crippen LogP contribution in [0.25, 0.3) is 0 Å². The first-order valence-corrected chi connectivity index (χ1v) is 6.58. The van der Waals surface area contributed by atoms with E-state index in [2.05, 4.69) is 9.71 Å². The van der Waals surface area contributed by atoms with E-state index in [1.165, 1.54) is 12.1 Å². The highest BCUT2D eigenvalue weighted by Gasteiger charge is 2.15. The van der Waals surface area contributed by atoms with Crippen LogP contribution in [0.15, 0.2) is 17.0 Å². The molecule has 1 rings (SSSR count). The first kappa shape index (κ1) is 13.6. The molecule has 16 heavy (non-hydrogen) atoms. The molecule has 0 unspecified atom stereocenters. The lowest BCUT2D eigenvalue weighted by Crippen LogP contribution is -2.25. The fourth-order valence-corrected chi connectivity index (χ4v) is 2.66. The van der Waals surface area contributed by atoms with Gasteiger partial charge in [0.05, 0.1) is 11.6 Å². The fourth-order valence-electron chi connectivity index (χ4n) is 0.955. The standard InChI is InChI=1S/C8H9Cl2FN2O2S/c9-7-4-6(5-8(10)13-7)16(14,15)12-3-1-2-11/h4-5,12H,1-3H2. The second-order valence-electron chi connectivity index (χ2n) is 2.89. The van der Waals surface area contributed by atoms with Gasteiger partial charge in [-0.3, -0.25) is 4.39 Å². The van der Waals surface area contributed by atoms with Crippen LogP contribution in [0.4, 0.5) is 4.39 Å². The van der Waals surface area contributed by atoms with Gasteiger partial charge in [0.2, 0.25) is 10.0 Å². The van der Waals surface area contributed by atoms with Gasteiger partial charge in [0.1, 0.15) is 10.3 Å². The molecule has 0 fully saturated rings. The highest BCUT2D eigenvalue weighted by Crippen LogP contribution is 2.18. The molecule has 0 saturated heterocycles. The average Bonchev–Trinajstić information content (AvgIpc) is 2.16. The molecule has 8 heteroatoms. The number of halogens is 3. The monoisotopic (exact) mass is 286 g/mol. The quantitative estimate of drug-likeness (QED) is 0.666. The lowest BCUT2D eigenvalue weighted by molar-refractivity contribution is 0.470. The molecule has 90 valence electrons. The average molecular weight is 287 g/mol. The summed E-state index contributed by atoms with van der Waals surface area (Å²) in [5.41, 5.74) is 0. The number of alkyl halides is 1. The Bertz CT molecular complexity index is 447. The first-order valence-electron chi connectivity index (χ1n) is 4.34. The molecule has 0 aliphatic heterocycles. The molecule has 0 atom stereocenters. The summed E-state index contributed by atoms with van der Waals surface area (Å²) in [4.78, 5) is 3.54. The lowest BCUT2D eigenvalue weighted by atomic mass is 10.5. The minimum absolute atomic E-state index is 0.0154. The summed E-state index contributed by atoms with van der Waals surface area (Å²) in [6.45, 7) is -0.559. The van der Waals surface area contributed by atoms with Gasteiger partial charge in [0.25, 0.3) is 0 Å². The zero-order chi connectivity index (χ0) is 12.2. The van der Waals surface area contributed by atoms with Crippen LogP contribution in [0.1, 0.15) is 6.42 Å². The van der Waals surface area contributed by atoms with Crippen molar-refractivity contribution in [2.45, 2.75) is 11.3 Å². The molecule has 0 saturated carbocycles. The number of sulfonamides is 1. The van der Waals surface area contributed by atoms with Crippen molar-refractivity contribution in [2.75, 3.05) is 13.2 Å². The van der Waals surface area contributed by atoms with E-state index in [-0.39, 0.29) is 28.2 Å². The van der Waals surface area contributed by atoms with Crippen molar-refractivity contribution in [1.82, 2.24) is 9.71 Å². The van der Waals surface area contributed by atoms with Crippen LogP contribution in [-0.2, 0) is 10.0 Å². The van der Waals surface area contributed by atoms with Crippen molar-refractivity contribution in [3.05, 3.63) is 22.4 Å². The van der Waals surface area contributed by atoms with E-state index >= 15 is 0 Å². The van der Waals surface area contributed by atoms with Gasteiger partial charge in [-0.25, -0.2) is 18.1 Å². The minimum atomic E-state index is -3.70. The van der Waals surface area contributed by atoms with Crippen LogP contribution in [-0.4, -0.2) is 26.6 Å². The Balaban J connectivity index is 2.89. The zero-order valence-corrected chi connectivity index (χ0v) is 10.4. The number of aromatic nitrogens is 1. The van der Waals surface area contributed by atoms with E-state index < -0.39 is 16.7 Å². The van der Waals surface area contributed by atoms with E-state index in [4.69, 9.17) is 23.2 Å². The minimum Gasteiger partial charge on any atom is -0.251 e.